The number of rotatable bonds is 2. The average Bonchev–Trinajstić information content (AvgIpc) is 2.33. The Kier molecular flexibility index (Phi) is 3.25. The third-order valence-electron chi connectivity index (χ3n) is 2.14. The van der Waals surface area contributed by atoms with Gasteiger partial charge in [0, 0.05) is 0 Å². The summed E-state index contributed by atoms with van der Waals surface area (Å²) in [6, 6.07) is 10.2. The van der Waals surface area contributed by atoms with Crippen molar-refractivity contribution in [3.8, 4) is 0 Å². The van der Waals surface area contributed by atoms with E-state index in [2.05, 4.69) is 10.3 Å². The van der Waals surface area contributed by atoms with E-state index >= 15 is 0 Å². The van der Waals surface area contributed by atoms with Crippen LogP contribution in [0.2, 0.25) is 5.02 Å². The second kappa shape index (κ2) is 4.84. The van der Waals surface area contributed by atoms with Crippen molar-refractivity contribution >= 4 is 28.9 Å². The normalized spacial score (nSPS) is 9.94. The standard InChI is InChI=1S/C12H10ClN3O/c13-9-3-1-2-4-10(9)16-12(17)11-6-5-8(14)7-15-11/h1-7H,14H2,(H,16,17). The molecule has 3 N–H and O–H groups in total. The zero-order valence-electron chi connectivity index (χ0n) is 8.85. The third-order valence-corrected chi connectivity index (χ3v) is 2.47. The Labute approximate surface area is 103 Å². The fraction of sp³-hybridized carbons (Fsp3) is 0. The molecule has 2 rings (SSSR count). The van der Waals surface area contributed by atoms with Crippen LogP contribution in [0.3, 0.4) is 0 Å². The van der Waals surface area contributed by atoms with Gasteiger partial charge in [0.25, 0.3) is 5.91 Å². The van der Waals surface area contributed by atoms with Crippen molar-refractivity contribution in [3.05, 3.63) is 53.3 Å². The van der Waals surface area contributed by atoms with E-state index in [0.717, 1.165) is 0 Å². The summed E-state index contributed by atoms with van der Waals surface area (Å²) in [6.07, 6.45) is 1.43. The van der Waals surface area contributed by atoms with E-state index in [1.165, 1.54) is 6.20 Å². The molecule has 5 heteroatoms. The highest BCUT2D eigenvalue weighted by Crippen LogP contribution is 2.20. The van der Waals surface area contributed by atoms with E-state index in [4.69, 9.17) is 17.3 Å². The molecule has 4 nitrogen and oxygen atoms in total. The lowest BCUT2D eigenvalue weighted by atomic mass is 10.3. The van der Waals surface area contributed by atoms with Crippen molar-refractivity contribution in [2.75, 3.05) is 11.1 Å². The number of nitrogens with one attached hydrogen (secondary N) is 1. The predicted molar refractivity (Wildman–Crippen MR) is 68.1 cm³/mol. The van der Waals surface area contributed by atoms with Gasteiger partial charge in [-0.2, -0.15) is 0 Å². The number of aromatic nitrogens is 1. The number of benzene rings is 1. The summed E-state index contributed by atoms with van der Waals surface area (Å²) < 4.78 is 0. The molecule has 1 aromatic carbocycles. The minimum atomic E-state index is -0.321. The SMILES string of the molecule is Nc1ccc(C(=O)Nc2ccccc2Cl)nc1. The van der Waals surface area contributed by atoms with Crippen molar-refractivity contribution in [2.24, 2.45) is 0 Å². The first kappa shape index (κ1) is 11.4. The van der Waals surface area contributed by atoms with Crippen molar-refractivity contribution < 1.29 is 4.79 Å². The number of para-hydroxylation sites is 1. The maximum Gasteiger partial charge on any atom is 0.274 e. The molecular formula is C12H10ClN3O. The summed E-state index contributed by atoms with van der Waals surface area (Å²) in [7, 11) is 0. The fourth-order valence-corrected chi connectivity index (χ4v) is 1.47. The van der Waals surface area contributed by atoms with E-state index in [-0.39, 0.29) is 5.91 Å². The van der Waals surface area contributed by atoms with Gasteiger partial charge in [0.2, 0.25) is 0 Å². The lowest BCUT2D eigenvalue weighted by Crippen LogP contribution is -2.13. The van der Waals surface area contributed by atoms with E-state index in [1.807, 2.05) is 0 Å². The number of amides is 1. The molecule has 0 aliphatic rings. The number of halogens is 1. The molecule has 0 aliphatic carbocycles. The monoisotopic (exact) mass is 247 g/mol. The zero-order chi connectivity index (χ0) is 12.3. The molecule has 0 radical (unpaired) electrons. The summed E-state index contributed by atoms with van der Waals surface area (Å²) in [5, 5.41) is 3.15. The molecule has 0 saturated heterocycles. The van der Waals surface area contributed by atoms with Crippen molar-refractivity contribution in [2.45, 2.75) is 0 Å². The number of carbonyl (C=O) groups is 1. The Hall–Kier alpha value is -2.07. The minimum Gasteiger partial charge on any atom is -0.397 e. The summed E-state index contributed by atoms with van der Waals surface area (Å²) in [6.45, 7) is 0. The van der Waals surface area contributed by atoms with Crippen LogP contribution in [0.15, 0.2) is 42.6 Å². The van der Waals surface area contributed by atoms with Gasteiger partial charge in [0.15, 0.2) is 0 Å². The van der Waals surface area contributed by atoms with Crippen LogP contribution in [-0.2, 0) is 0 Å². The average molecular weight is 248 g/mol. The molecule has 1 heterocycles. The van der Waals surface area contributed by atoms with Crippen LogP contribution < -0.4 is 11.1 Å². The second-order valence-electron chi connectivity index (χ2n) is 3.41. The first-order valence-electron chi connectivity index (χ1n) is 4.94. The quantitative estimate of drug-likeness (QED) is 0.857. The van der Waals surface area contributed by atoms with Gasteiger partial charge < -0.3 is 11.1 Å². The topological polar surface area (TPSA) is 68.0 Å². The number of nitrogens with zero attached hydrogens (tertiary/aromatic N) is 1. The molecule has 86 valence electrons. The van der Waals surface area contributed by atoms with E-state index in [1.54, 1.807) is 36.4 Å². The molecule has 2 aromatic rings. The van der Waals surface area contributed by atoms with Crippen LogP contribution in [0.4, 0.5) is 11.4 Å². The van der Waals surface area contributed by atoms with Crippen LogP contribution in [0.5, 0.6) is 0 Å². The van der Waals surface area contributed by atoms with Gasteiger partial charge in [-0.25, -0.2) is 4.98 Å². The minimum absolute atomic E-state index is 0.291. The van der Waals surface area contributed by atoms with E-state index in [9.17, 15) is 4.79 Å². The van der Waals surface area contributed by atoms with E-state index in [0.29, 0.717) is 22.1 Å². The van der Waals surface area contributed by atoms with Gasteiger partial charge in [-0.1, -0.05) is 23.7 Å². The molecule has 1 amide bonds. The highest BCUT2D eigenvalue weighted by molar-refractivity contribution is 6.33. The number of nitrogen functional groups attached to an aromatic ring is 1. The Morgan fingerprint density at radius 3 is 2.65 bits per heavy atom. The Balaban J connectivity index is 2.17. The van der Waals surface area contributed by atoms with Gasteiger partial charge in [0.1, 0.15) is 5.69 Å². The zero-order valence-corrected chi connectivity index (χ0v) is 9.61. The number of hydrogen-bond acceptors (Lipinski definition) is 3. The number of hydrogen-bond donors (Lipinski definition) is 2. The first-order chi connectivity index (χ1) is 8.16. The Morgan fingerprint density at radius 1 is 1.24 bits per heavy atom. The maximum absolute atomic E-state index is 11.8. The molecule has 17 heavy (non-hydrogen) atoms. The lowest BCUT2D eigenvalue weighted by Gasteiger charge is -2.06. The van der Waals surface area contributed by atoms with Crippen LogP contribution in [0.1, 0.15) is 10.5 Å². The molecule has 0 aliphatic heterocycles. The molecule has 0 spiro atoms. The van der Waals surface area contributed by atoms with Crippen LogP contribution in [-0.4, -0.2) is 10.9 Å². The van der Waals surface area contributed by atoms with Gasteiger partial charge >= 0.3 is 0 Å². The van der Waals surface area contributed by atoms with Crippen LogP contribution in [0.25, 0.3) is 0 Å². The first-order valence-corrected chi connectivity index (χ1v) is 5.32. The van der Waals surface area contributed by atoms with Crippen LogP contribution >= 0.6 is 11.6 Å². The van der Waals surface area contributed by atoms with Crippen molar-refractivity contribution in [1.29, 1.82) is 0 Å². The van der Waals surface area contributed by atoms with Crippen molar-refractivity contribution in [1.82, 2.24) is 4.98 Å². The summed E-state index contributed by atoms with van der Waals surface area (Å²) in [5.74, 6) is -0.321. The smallest absolute Gasteiger partial charge is 0.274 e. The molecule has 0 unspecified atom stereocenters. The van der Waals surface area contributed by atoms with E-state index < -0.39 is 0 Å². The fourth-order valence-electron chi connectivity index (χ4n) is 1.29. The van der Waals surface area contributed by atoms with Gasteiger partial charge in [-0.05, 0) is 24.3 Å². The highest BCUT2D eigenvalue weighted by Gasteiger charge is 2.08. The van der Waals surface area contributed by atoms with Gasteiger partial charge in [-0.3, -0.25) is 4.79 Å². The van der Waals surface area contributed by atoms with Crippen molar-refractivity contribution in [3.63, 3.8) is 0 Å². The maximum atomic E-state index is 11.8. The molecular weight excluding hydrogens is 238 g/mol. The largest absolute Gasteiger partial charge is 0.397 e. The molecule has 0 bridgehead atoms. The number of pyridine rings is 1. The second-order valence-corrected chi connectivity index (χ2v) is 3.82. The Bertz CT molecular complexity index is 540. The van der Waals surface area contributed by atoms with Gasteiger partial charge in [-0.15, -0.1) is 0 Å². The third kappa shape index (κ3) is 2.73. The Morgan fingerprint density at radius 2 is 2.00 bits per heavy atom. The summed E-state index contributed by atoms with van der Waals surface area (Å²) in [4.78, 5) is 15.7. The summed E-state index contributed by atoms with van der Waals surface area (Å²) >= 11 is 5.93. The number of nitrogens with two attached hydrogens (primary N) is 1. The van der Waals surface area contributed by atoms with Crippen LogP contribution in [0, 0.1) is 0 Å². The molecule has 1 aromatic heterocycles. The summed E-state index contributed by atoms with van der Waals surface area (Å²) in [5.41, 5.74) is 6.85. The molecule has 0 saturated carbocycles. The lowest BCUT2D eigenvalue weighted by molar-refractivity contribution is 0.102. The highest BCUT2D eigenvalue weighted by atomic mass is 35.5. The van der Waals surface area contributed by atoms with Gasteiger partial charge in [0.05, 0.1) is 22.6 Å². The predicted octanol–water partition coefficient (Wildman–Crippen LogP) is 2.57. The number of carbonyl (C=O) groups excluding carboxylic acids is 1. The molecule has 0 fully saturated rings. The number of anilines is 2. The molecule has 0 atom stereocenters.